The fraction of sp³-hybridized carbons (Fsp3) is 0.636. The van der Waals surface area contributed by atoms with Crippen LogP contribution in [0.3, 0.4) is 0 Å². The normalized spacial score (nSPS) is 16.8. The molecule has 1 aliphatic rings. The van der Waals surface area contributed by atoms with Crippen LogP contribution >= 0.6 is 24.0 Å². The lowest BCUT2D eigenvalue weighted by atomic mass is 9.75. The number of hydrogen-bond acceptors (Lipinski definition) is 2. The highest BCUT2D eigenvalue weighted by molar-refractivity contribution is 14.0. The molecule has 0 spiro atoms. The van der Waals surface area contributed by atoms with Crippen LogP contribution in [0.5, 0.6) is 0 Å². The van der Waals surface area contributed by atoms with Gasteiger partial charge in [-0.2, -0.15) is 0 Å². The molecule has 158 valence electrons. The Balaban J connectivity index is 0.00000392. The number of aliphatic imine (C=N–C) groups is 1. The van der Waals surface area contributed by atoms with Crippen LogP contribution in [-0.2, 0) is 6.42 Å². The summed E-state index contributed by atoms with van der Waals surface area (Å²) in [5.41, 5.74) is 2.35. The van der Waals surface area contributed by atoms with Gasteiger partial charge in [0.1, 0.15) is 0 Å². The second kappa shape index (κ2) is 11.6. The summed E-state index contributed by atoms with van der Waals surface area (Å²) in [5.74, 6) is 0.943. The van der Waals surface area contributed by atoms with Crippen LogP contribution in [-0.4, -0.2) is 50.0 Å². The first-order chi connectivity index (χ1) is 12.8. The molecule has 1 saturated carbocycles. The minimum atomic E-state index is 0. The van der Waals surface area contributed by atoms with Gasteiger partial charge in [-0.15, -0.1) is 24.0 Å². The van der Waals surface area contributed by atoms with E-state index in [0.717, 1.165) is 30.1 Å². The predicted molar refractivity (Wildman–Crippen MR) is 129 cm³/mol. The molecule has 0 heterocycles. The molecule has 1 aromatic rings. The quantitative estimate of drug-likeness (QED) is 0.352. The second-order valence-corrected chi connectivity index (χ2v) is 8.49. The van der Waals surface area contributed by atoms with Crippen molar-refractivity contribution in [2.45, 2.75) is 58.9 Å². The standard InChI is InChI=1S/C22H36N4O.HI/c1-6-23-21(25-19-10-13-22(2,3)14-11-19)24-15-12-17-8-7-9-18(16-17)20(27)26(4)5;/h7-9,16,19H,6,10-15H2,1-5H3,(H2,23,24,25);1H. The van der Waals surface area contributed by atoms with E-state index in [0.29, 0.717) is 18.0 Å². The van der Waals surface area contributed by atoms with Gasteiger partial charge in [-0.05, 0) is 62.1 Å². The van der Waals surface area contributed by atoms with E-state index in [1.807, 2.05) is 18.2 Å². The zero-order valence-electron chi connectivity index (χ0n) is 18.0. The molecule has 6 heteroatoms. The van der Waals surface area contributed by atoms with E-state index in [4.69, 9.17) is 4.99 Å². The SMILES string of the molecule is CCNC(=NCCc1cccc(C(=O)N(C)C)c1)NC1CCC(C)(C)CC1.I. The lowest BCUT2D eigenvalue weighted by Gasteiger charge is -2.35. The van der Waals surface area contributed by atoms with Crippen molar-refractivity contribution < 1.29 is 4.79 Å². The number of nitrogens with one attached hydrogen (secondary N) is 2. The summed E-state index contributed by atoms with van der Waals surface area (Å²) in [6, 6.07) is 8.36. The third-order valence-electron chi connectivity index (χ3n) is 5.27. The Morgan fingerprint density at radius 2 is 1.93 bits per heavy atom. The Labute approximate surface area is 187 Å². The van der Waals surface area contributed by atoms with E-state index >= 15 is 0 Å². The lowest BCUT2D eigenvalue weighted by molar-refractivity contribution is 0.0827. The minimum Gasteiger partial charge on any atom is -0.357 e. The number of carbonyl (C=O) groups is 1. The molecule has 0 saturated heterocycles. The predicted octanol–water partition coefficient (Wildman–Crippen LogP) is 4.07. The summed E-state index contributed by atoms with van der Waals surface area (Å²) in [6.07, 6.45) is 5.74. The molecular formula is C22H37IN4O. The fourth-order valence-corrected chi connectivity index (χ4v) is 3.47. The van der Waals surface area contributed by atoms with Gasteiger partial charge in [0.15, 0.2) is 5.96 Å². The highest BCUT2D eigenvalue weighted by atomic mass is 127. The van der Waals surface area contributed by atoms with Crippen molar-refractivity contribution in [1.29, 1.82) is 0 Å². The molecular weight excluding hydrogens is 463 g/mol. The Bertz CT molecular complexity index is 648. The van der Waals surface area contributed by atoms with E-state index in [-0.39, 0.29) is 29.9 Å². The van der Waals surface area contributed by atoms with Crippen molar-refractivity contribution in [1.82, 2.24) is 15.5 Å². The summed E-state index contributed by atoms with van der Waals surface area (Å²) in [4.78, 5) is 18.5. The molecule has 0 bridgehead atoms. The van der Waals surface area contributed by atoms with Crippen LogP contribution in [0.4, 0.5) is 0 Å². The first-order valence-electron chi connectivity index (χ1n) is 10.2. The van der Waals surface area contributed by atoms with E-state index in [9.17, 15) is 4.79 Å². The number of rotatable bonds is 6. The topological polar surface area (TPSA) is 56.7 Å². The molecule has 1 fully saturated rings. The molecule has 28 heavy (non-hydrogen) atoms. The maximum absolute atomic E-state index is 12.1. The Hall–Kier alpha value is -1.31. The van der Waals surface area contributed by atoms with E-state index < -0.39 is 0 Å². The van der Waals surface area contributed by atoms with Crippen LogP contribution in [0.2, 0.25) is 0 Å². The molecule has 1 aliphatic carbocycles. The molecule has 0 radical (unpaired) electrons. The van der Waals surface area contributed by atoms with Crippen molar-refractivity contribution in [3.8, 4) is 0 Å². The Morgan fingerprint density at radius 3 is 2.54 bits per heavy atom. The number of nitrogens with zero attached hydrogens (tertiary/aromatic N) is 2. The Kier molecular flexibility index (Phi) is 10.3. The van der Waals surface area contributed by atoms with Gasteiger partial charge >= 0.3 is 0 Å². The van der Waals surface area contributed by atoms with Crippen LogP contribution in [0.15, 0.2) is 29.3 Å². The van der Waals surface area contributed by atoms with Gasteiger partial charge in [-0.25, -0.2) is 0 Å². The summed E-state index contributed by atoms with van der Waals surface area (Å²) < 4.78 is 0. The summed E-state index contributed by atoms with van der Waals surface area (Å²) >= 11 is 0. The minimum absolute atomic E-state index is 0. The van der Waals surface area contributed by atoms with Gasteiger partial charge in [-0.3, -0.25) is 9.79 Å². The van der Waals surface area contributed by atoms with Crippen molar-refractivity contribution in [3.63, 3.8) is 0 Å². The average molecular weight is 500 g/mol. The second-order valence-electron chi connectivity index (χ2n) is 8.49. The van der Waals surface area contributed by atoms with Gasteiger partial charge in [0.05, 0.1) is 0 Å². The van der Waals surface area contributed by atoms with Gasteiger partial charge in [-0.1, -0.05) is 26.0 Å². The first-order valence-corrected chi connectivity index (χ1v) is 10.2. The zero-order valence-corrected chi connectivity index (χ0v) is 20.4. The number of amides is 1. The first kappa shape index (κ1) is 24.7. The van der Waals surface area contributed by atoms with Crippen molar-refractivity contribution >= 4 is 35.8 Å². The van der Waals surface area contributed by atoms with Crippen LogP contribution in [0.1, 0.15) is 62.4 Å². The van der Waals surface area contributed by atoms with Crippen LogP contribution < -0.4 is 10.6 Å². The van der Waals surface area contributed by atoms with Gasteiger partial charge < -0.3 is 15.5 Å². The smallest absolute Gasteiger partial charge is 0.253 e. The van der Waals surface area contributed by atoms with Crippen LogP contribution in [0.25, 0.3) is 0 Å². The van der Waals surface area contributed by atoms with E-state index in [1.54, 1.807) is 19.0 Å². The average Bonchev–Trinajstić information content (AvgIpc) is 2.63. The molecule has 5 nitrogen and oxygen atoms in total. The molecule has 2 rings (SSSR count). The highest BCUT2D eigenvalue weighted by Crippen LogP contribution is 2.34. The van der Waals surface area contributed by atoms with Crippen molar-refractivity contribution in [2.75, 3.05) is 27.2 Å². The molecule has 0 aromatic heterocycles. The molecule has 2 N–H and O–H groups in total. The maximum Gasteiger partial charge on any atom is 0.253 e. The van der Waals surface area contributed by atoms with Crippen molar-refractivity contribution in [3.05, 3.63) is 35.4 Å². The Morgan fingerprint density at radius 1 is 1.25 bits per heavy atom. The number of guanidine groups is 1. The van der Waals surface area contributed by atoms with Gasteiger partial charge in [0.2, 0.25) is 0 Å². The lowest BCUT2D eigenvalue weighted by Crippen LogP contribution is -2.45. The number of hydrogen-bond donors (Lipinski definition) is 2. The summed E-state index contributed by atoms with van der Waals surface area (Å²) in [7, 11) is 3.56. The van der Waals surface area contributed by atoms with E-state index in [1.165, 1.54) is 25.7 Å². The highest BCUT2D eigenvalue weighted by Gasteiger charge is 2.27. The number of carbonyl (C=O) groups excluding carboxylic acids is 1. The monoisotopic (exact) mass is 500 g/mol. The largest absolute Gasteiger partial charge is 0.357 e. The van der Waals surface area contributed by atoms with E-state index in [2.05, 4.69) is 37.5 Å². The molecule has 1 aromatic carbocycles. The van der Waals surface area contributed by atoms with Gasteiger partial charge in [0.25, 0.3) is 5.91 Å². The zero-order chi connectivity index (χ0) is 19.9. The summed E-state index contributed by atoms with van der Waals surface area (Å²) in [5, 5.41) is 6.96. The third kappa shape index (κ3) is 7.97. The van der Waals surface area contributed by atoms with Gasteiger partial charge in [0, 0.05) is 38.8 Å². The maximum atomic E-state index is 12.1. The third-order valence-corrected chi connectivity index (χ3v) is 5.27. The molecule has 0 unspecified atom stereocenters. The molecule has 0 aliphatic heterocycles. The molecule has 1 amide bonds. The summed E-state index contributed by atoms with van der Waals surface area (Å²) in [6.45, 7) is 8.37. The number of benzene rings is 1. The van der Waals surface area contributed by atoms with Crippen LogP contribution in [0, 0.1) is 5.41 Å². The number of halogens is 1. The fourth-order valence-electron chi connectivity index (χ4n) is 3.47. The van der Waals surface area contributed by atoms with Crippen molar-refractivity contribution in [2.24, 2.45) is 10.4 Å². The molecule has 0 atom stereocenters.